The highest BCUT2D eigenvalue weighted by molar-refractivity contribution is 7.92. The first-order valence-corrected chi connectivity index (χ1v) is 12.9. The van der Waals surface area contributed by atoms with Crippen LogP contribution in [0, 0.1) is 20.8 Å². The zero-order valence-corrected chi connectivity index (χ0v) is 20.4. The van der Waals surface area contributed by atoms with E-state index in [2.05, 4.69) is 4.90 Å². The molecule has 0 aliphatic carbocycles. The molecule has 2 aromatic rings. The SMILES string of the molecule is Cc1cc(C)c(N(CC(=O)N2CCN(Cc3ccc4c(c3)OCO4)CC2)S(C)(=O)=O)c(C)c1. The molecular formula is C24H31N3O5S. The summed E-state index contributed by atoms with van der Waals surface area (Å²) in [6, 6.07) is 9.84. The maximum atomic E-state index is 13.1. The third-order valence-corrected chi connectivity index (χ3v) is 7.24. The summed E-state index contributed by atoms with van der Waals surface area (Å²) in [5.74, 6) is 1.36. The van der Waals surface area contributed by atoms with Gasteiger partial charge in [-0.25, -0.2) is 8.42 Å². The minimum Gasteiger partial charge on any atom is -0.454 e. The lowest BCUT2D eigenvalue weighted by molar-refractivity contribution is -0.131. The highest BCUT2D eigenvalue weighted by Crippen LogP contribution is 2.33. The minimum atomic E-state index is -3.61. The fourth-order valence-corrected chi connectivity index (χ4v) is 5.57. The van der Waals surface area contributed by atoms with Crippen molar-refractivity contribution >= 4 is 21.6 Å². The molecule has 0 atom stereocenters. The summed E-state index contributed by atoms with van der Waals surface area (Å²) in [6.07, 6.45) is 1.16. The van der Waals surface area contributed by atoms with Crippen molar-refractivity contribution in [1.82, 2.24) is 9.80 Å². The van der Waals surface area contributed by atoms with Crippen molar-refractivity contribution in [2.45, 2.75) is 27.3 Å². The van der Waals surface area contributed by atoms with Gasteiger partial charge in [-0.2, -0.15) is 0 Å². The highest BCUT2D eigenvalue weighted by atomic mass is 32.2. The van der Waals surface area contributed by atoms with Crippen molar-refractivity contribution in [1.29, 1.82) is 0 Å². The predicted molar refractivity (Wildman–Crippen MR) is 127 cm³/mol. The van der Waals surface area contributed by atoms with Crippen LogP contribution >= 0.6 is 0 Å². The van der Waals surface area contributed by atoms with E-state index in [4.69, 9.17) is 9.47 Å². The Morgan fingerprint density at radius 3 is 2.24 bits per heavy atom. The lowest BCUT2D eigenvalue weighted by Crippen LogP contribution is -2.51. The molecule has 1 amide bonds. The minimum absolute atomic E-state index is 0.178. The number of piperazine rings is 1. The first-order chi connectivity index (χ1) is 15.6. The van der Waals surface area contributed by atoms with Gasteiger partial charge in [0.1, 0.15) is 6.54 Å². The first-order valence-electron chi connectivity index (χ1n) is 11.1. The van der Waals surface area contributed by atoms with Crippen LogP contribution < -0.4 is 13.8 Å². The second-order valence-electron chi connectivity index (χ2n) is 8.86. The maximum absolute atomic E-state index is 13.1. The molecule has 0 aromatic heterocycles. The predicted octanol–water partition coefficient (Wildman–Crippen LogP) is 2.45. The van der Waals surface area contributed by atoms with Gasteiger partial charge in [-0.15, -0.1) is 0 Å². The Hall–Kier alpha value is -2.78. The standard InChI is InChI=1S/C24H31N3O5S/c1-17-11-18(2)24(19(3)12-17)27(33(4,29)30)15-23(28)26-9-7-25(8-10-26)14-20-5-6-21-22(13-20)32-16-31-21/h5-6,11-13H,7-10,14-16H2,1-4H3. The number of ether oxygens (including phenoxy) is 2. The lowest BCUT2D eigenvalue weighted by Gasteiger charge is -2.36. The number of anilines is 1. The Morgan fingerprint density at radius 1 is 0.970 bits per heavy atom. The van der Waals surface area contributed by atoms with Crippen molar-refractivity contribution in [2.75, 3.05) is 50.1 Å². The zero-order valence-electron chi connectivity index (χ0n) is 19.6. The average molecular weight is 474 g/mol. The molecule has 9 heteroatoms. The number of rotatable bonds is 6. The van der Waals surface area contributed by atoms with Crippen LogP contribution in [0.2, 0.25) is 0 Å². The largest absolute Gasteiger partial charge is 0.454 e. The number of hydrogen-bond acceptors (Lipinski definition) is 6. The maximum Gasteiger partial charge on any atom is 0.243 e. The van der Waals surface area contributed by atoms with Gasteiger partial charge >= 0.3 is 0 Å². The van der Waals surface area contributed by atoms with E-state index < -0.39 is 10.0 Å². The van der Waals surface area contributed by atoms with Gasteiger partial charge in [-0.05, 0) is 49.6 Å². The molecule has 0 N–H and O–H groups in total. The van der Waals surface area contributed by atoms with Crippen LogP contribution in [0.3, 0.4) is 0 Å². The zero-order chi connectivity index (χ0) is 23.8. The molecule has 178 valence electrons. The molecule has 0 saturated carbocycles. The molecule has 8 nitrogen and oxygen atoms in total. The Kier molecular flexibility index (Phi) is 6.54. The quantitative estimate of drug-likeness (QED) is 0.641. The number of benzene rings is 2. The number of sulfonamides is 1. The summed E-state index contributed by atoms with van der Waals surface area (Å²) >= 11 is 0. The summed E-state index contributed by atoms with van der Waals surface area (Å²) < 4.78 is 37.3. The molecule has 4 rings (SSSR count). The second-order valence-corrected chi connectivity index (χ2v) is 10.8. The van der Waals surface area contributed by atoms with E-state index in [1.54, 1.807) is 4.90 Å². The van der Waals surface area contributed by atoms with Crippen LogP contribution in [0.5, 0.6) is 11.5 Å². The number of nitrogens with zero attached hydrogens (tertiary/aromatic N) is 3. The van der Waals surface area contributed by atoms with E-state index in [1.165, 1.54) is 4.31 Å². The summed E-state index contributed by atoms with van der Waals surface area (Å²) in [7, 11) is -3.61. The summed E-state index contributed by atoms with van der Waals surface area (Å²) in [5.41, 5.74) is 4.48. The topological polar surface area (TPSA) is 79.4 Å². The molecule has 2 aromatic carbocycles. The van der Waals surface area contributed by atoms with Gasteiger partial charge in [-0.3, -0.25) is 14.0 Å². The van der Waals surface area contributed by atoms with Crippen molar-refractivity contribution < 1.29 is 22.7 Å². The smallest absolute Gasteiger partial charge is 0.243 e. The Morgan fingerprint density at radius 2 is 1.61 bits per heavy atom. The van der Waals surface area contributed by atoms with Crippen LogP contribution in [0.4, 0.5) is 5.69 Å². The van der Waals surface area contributed by atoms with Crippen LogP contribution in [0.15, 0.2) is 30.3 Å². The number of amides is 1. The third-order valence-electron chi connectivity index (χ3n) is 6.13. The van der Waals surface area contributed by atoms with E-state index in [1.807, 2.05) is 51.1 Å². The number of carbonyl (C=O) groups is 1. The number of carbonyl (C=O) groups excluding carboxylic acids is 1. The molecule has 33 heavy (non-hydrogen) atoms. The molecule has 0 unspecified atom stereocenters. The fraction of sp³-hybridized carbons (Fsp3) is 0.458. The van der Waals surface area contributed by atoms with E-state index in [-0.39, 0.29) is 19.2 Å². The van der Waals surface area contributed by atoms with E-state index >= 15 is 0 Å². The monoisotopic (exact) mass is 473 g/mol. The number of hydrogen-bond donors (Lipinski definition) is 0. The molecule has 1 fully saturated rings. The first kappa shape index (κ1) is 23.4. The van der Waals surface area contributed by atoms with Gasteiger partial charge < -0.3 is 14.4 Å². The fourth-order valence-electron chi connectivity index (χ4n) is 4.60. The molecule has 0 bridgehead atoms. The van der Waals surface area contributed by atoms with Gasteiger partial charge in [0, 0.05) is 32.7 Å². The van der Waals surface area contributed by atoms with Crippen LogP contribution in [-0.2, 0) is 21.4 Å². The molecule has 0 radical (unpaired) electrons. The van der Waals surface area contributed by atoms with Gasteiger partial charge in [0.15, 0.2) is 11.5 Å². The Labute approximate surface area is 195 Å². The van der Waals surface area contributed by atoms with E-state index in [0.717, 1.165) is 59.6 Å². The van der Waals surface area contributed by atoms with Crippen molar-refractivity contribution in [3.63, 3.8) is 0 Å². The molecule has 2 aliphatic heterocycles. The van der Waals surface area contributed by atoms with Crippen molar-refractivity contribution in [3.8, 4) is 11.5 Å². The van der Waals surface area contributed by atoms with Crippen molar-refractivity contribution in [2.24, 2.45) is 0 Å². The average Bonchev–Trinajstić information content (AvgIpc) is 3.20. The number of aryl methyl sites for hydroxylation is 3. The summed E-state index contributed by atoms with van der Waals surface area (Å²) in [4.78, 5) is 17.1. The third kappa shape index (κ3) is 5.25. The molecule has 0 spiro atoms. The van der Waals surface area contributed by atoms with Crippen molar-refractivity contribution in [3.05, 3.63) is 52.6 Å². The summed E-state index contributed by atoms with van der Waals surface area (Å²) in [6.45, 7) is 9.14. The van der Waals surface area contributed by atoms with Gasteiger partial charge in [0.25, 0.3) is 0 Å². The second kappa shape index (κ2) is 9.23. The Bertz CT molecular complexity index is 1130. The molecule has 2 heterocycles. The van der Waals surface area contributed by atoms with Gasteiger partial charge in [0.2, 0.25) is 22.7 Å². The molecule has 1 saturated heterocycles. The van der Waals surface area contributed by atoms with Crippen LogP contribution in [-0.4, -0.2) is 69.9 Å². The van der Waals surface area contributed by atoms with Gasteiger partial charge in [-0.1, -0.05) is 23.8 Å². The summed E-state index contributed by atoms with van der Waals surface area (Å²) in [5, 5.41) is 0. The molecule has 2 aliphatic rings. The van der Waals surface area contributed by atoms with Crippen LogP contribution in [0.1, 0.15) is 22.3 Å². The van der Waals surface area contributed by atoms with Gasteiger partial charge in [0.05, 0.1) is 11.9 Å². The molecular weight excluding hydrogens is 442 g/mol. The van der Waals surface area contributed by atoms with Crippen LogP contribution in [0.25, 0.3) is 0 Å². The van der Waals surface area contributed by atoms with E-state index in [9.17, 15) is 13.2 Å². The Balaban J connectivity index is 1.39. The highest BCUT2D eigenvalue weighted by Gasteiger charge is 2.28. The van der Waals surface area contributed by atoms with E-state index in [0.29, 0.717) is 18.8 Å². The normalized spacial score (nSPS) is 16.2. The lowest BCUT2D eigenvalue weighted by atomic mass is 10.1. The number of fused-ring (bicyclic) bond motifs is 1.